The van der Waals surface area contributed by atoms with Crippen LogP contribution in [0.5, 0.6) is 0 Å². The normalized spacial score (nSPS) is 9.69. The number of carbonyl (C=O) groups excluding carboxylic acids is 1. The summed E-state index contributed by atoms with van der Waals surface area (Å²) in [5.41, 5.74) is -0.0476. The molecule has 0 saturated heterocycles. The third-order valence-electron chi connectivity index (χ3n) is 1.68. The SMILES string of the molecule is CN(C)C(=O)Cn1ccc(=O)cc1. The predicted molar refractivity (Wildman–Crippen MR) is 49.4 cm³/mol. The van der Waals surface area contributed by atoms with Gasteiger partial charge in [0.1, 0.15) is 6.54 Å². The van der Waals surface area contributed by atoms with Crippen LogP contribution in [0.25, 0.3) is 0 Å². The molecule has 1 amide bonds. The van der Waals surface area contributed by atoms with Crippen LogP contribution in [0, 0.1) is 0 Å². The van der Waals surface area contributed by atoms with E-state index in [-0.39, 0.29) is 17.9 Å². The van der Waals surface area contributed by atoms with Gasteiger partial charge in [-0.05, 0) is 0 Å². The summed E-state index contributed by atoms with van der Waals surface area (Å²) < 4.78 is 1.67. The first kappa shape index (κ1) is 9.51. The van der Waals surface area contributed by atoms with E-state index in [4.69, 9.17) is 0 Å². The largest absolute Gasteiger partial charge is 0.347 e. The molecule has 0 saturated carbocycles. The zero-order valence-corrected chi connectivity index (χ0v) is 7.73. The van der Waals surface area contributed by atoms with E-state index in [2.05, 4.69) is 0 Å². The highest BCUT2D eigenvalue weighted by Crippen LogP contribution is 1.87. The van der Waals surface area contributed by atoms with E-state index in [0.717, 1.165) is 0 Å². The number of hydrogen-bond donors (Lipinski definition) is 0. The smallest absolute Gasteiger partial charge is 0.241 e. The van der Waals surface area contributed by atoms with Crippen molar-refractivity contribution in [3.8, 4) is 0 Å². The summed E-state index contributed by atoms with van der Waals surface area (Å²) in [5.74, 6) is 0.00338. The molecule has 1 aromatic heterocycles. The van der Waals surface area contributed by atoms with Gasteiger partial charge in [0.05, 0.1) is 0 Å². The Labute approximate surface area is 76.4 Å². The van der Waals surface area contributed by atoms with Gasteiger partial charge in [0.15, 0.2) is 5.43 Å². The Balaban J connectivity index is 2.70. The number of hydrogen-bond acceptors (Lipinski definition) is 2. The number of rotatable bonds is 2. The van der Waals surface area contributed by atoms with Crippen molar-refractivity contribution in [3.05, 3.63) is 34.7 Å². The monoisotopic (exact) mass is 180 g/mol. The minimum atomic E-state index is -0.0476. The van der Waals surface area contributed by atoms with Gasteiger partial charge in [0.2, 0.25) is 5.91 Å². The summed E-state index contributed by atoms with van der Waals surface area (Å²) in [6, 6.07) is 2.87. The van der Waals surface area contributed by atoms with Crippen molar-refractivity contribution in [2.24, 2.45) is 0 Å². The van der Waals surface area contributed by atoms with Gasteiger partial charge in [-0.1, -0.05) is 0 Å². The standard InChI is InChI=1S/C9H12N2O2/c1-10(2)9(13)7-11-5-3-8(12)4-6-11/h3-6H,7H2,1-2H3. The molecule has 0 aromatic carbocycles. The van der Waals surface area contributed by atoms with Crippen LogP contribution in [0.2, 0.25) is 0 Å². The van der Waals surface area contributed by atoms with Gasteiger partial charge in [0.25, 0.3) is 0 Å². The van der Waals surface area contributed by atoms with Gasteiger partial charge >= 0.3 is 0 Å². The molecule has 13 heavy (non-hydrogen) atoms. The summed E-state index contributed by atoms with van der Waals surface area (Å²) >= 11 is 0. The maximum Gasteiger partial charge on any atom is 0.241 e. The van der Waals surface area contributed by atoms with E-state index >= 15 is 0 Å². The first-order valence-corrected chi connectivity index (χ1v) is 3.96. The first-order chi connectivity index (χ1) is 6.09. The van der Waals surface area contributed by atoms with Crippen molar-refractivity contribution in [2.75, 3.05) is 14.1 Å². The second-order valence-corrected chi connectivity index (χ2v) is 2.99. The van der Waals surface area contributed by atoms with Crippen molar-refractivity contribution in [2.45, 2.75) is 6.54 Å². The molecule has 0 aliphatic heterocycles. The molecule has 0 atom stereocenters. The number of pyridine rings is 1. The van der Waals surface area contributed by atoms with Crippen LogP contribution in [0.1, 0.15) is 0 Å². The topological polar surface area (TPSA) is 42.3 Å². The Morgan fingerprint density at radius 1 is 1.38 bits per heavy atom. The maximum absolute atomic E-state index is 11.2. The van der Waals surface area contributed by atoms with E-state index in [1.165, 1.54) is 17.0 Å². The van der Waals surface area contributed by atoms with E-state index in [1.54, 1.807) is 31.1 Å². The lowest BCUT2D eigenvalue weighted by molar-refractivity contribution is -0.129. The van der Waals surface area contributed by atoms with Gasteiger partial charge < -0.3 is 9.47 Å². The summed E-state index contributed by atoms with van der Waals surface area (Å²) in [6.07, 6.45) is 3.20. The first-order valence-electron chi connectivity index (χ1n) is 3.96. The van der Waals surface area contributed by atoms with Crippen LogP contribution in [0.3, 0.4) is 0 Å². The quantitative estimate of drug-likeness (QED) is 0.639. The van der Waals surface area contributed by atoms with Crippen molar-refractivity contribution < 1.29 is 4.79 Å². The van der Waals surface area contributed by atoms with Gasteiger partial charge in [-0.15, -0.1) is 0 Å². The van der Waals surface area contributed by atoms with E-state index in [1.807, 2.05) is 0 Å². The molecule has 4 heteroatoms. The van der Waals surface area contributed by atoms with Crippen molar-refractivity contribution in [1.29, 1.82) is 0 Å². The maximum atomic E-state index is 11.2. The van der Waals surface area contributed by atoms with Gasteiger partial charge in [-0.25, -0.2) is 0 Å². The van der Waals surface area contributed by atoms with Crippen LogP contribution in [-0.2, 0) is 11.3 Å². The molecule has 1 heterocycles. The second kappa shape index (κ2) is 3.89. The molecule has 1 rings (SSSR count). The van der Waals surface area contributed by atoms with E-state index < -0.39 is 0 Å². The molecule has 0 aliphatic carbocycles. The van der Waals surface area contributed by atoms with Crippen LogP contribution in [0.15, 0.2) is 29.3 Å². The molecule has 0 N–H and O–H groups in total. The lowest BCUT2D eigenvalue weighted by Crippen LogP contribution is -2.26. The van der Waals surface area contributed by atoms with Crippen LogP contribution in [0.4, 0.5) is 0 Å². The Hall–Kier alpha value is -1.58. The fourth-order valence-electron chi connectivity index (χ4n) is 0.847. The Kier molecular flexibility index (Phi) is 2.84. The summed E-state index contributed by atoms with van der Waals surface area (Å²) in [5, 5.41) is 0. The fraction of sp³-hybridized carbons (Fsp3) is 0.333. The predicted octanol–water partition coefficient (Wildman–Crippen LogP) is -0.0635. The summed E-state index contributed by atoms with van der Waals surface area (Å²) in [4.78, 5) is 23.5. The Morgan fingerprint density at radius 2 is 1.92 bits per heavy atom. The zero-order valence-electron chi connectivity index (χ0n) is 7.73. The molecule has 0 spiro atoms. The summed E-state index contributed by atoms with van der Waals surface area (Å²) in [6.45, 7) is 0.271. The average molecular weight is 180 g/mol. The second-order valence-electron chi connectivity index (χ2n) is 2.99. The molecule has 0 bridgehead atoms. The minimum Gasteiger partial charge on any atom is -0.347 e. The molecule has 0 fully saturated rings. The van der Waals surface area contributed by atoms with Crippen LogP contribution >= 0.6 is 0 Å². The lowest BCUT2D eigenvalue weighted by atomic mass is 10.4. The van der Waals surface area contributed by atoms with Gasteiger partial charge in [-0.3, -0.25) is 9.59 Å². The highest BCUT2D eigenvalue weighted by Gasteiger charge is 2.02. The third-order valence-corrected chi connectivity index (χ3v) is 1.68. The molecule has 0 aliphatic rings. The van der Waals surface area contributed by atoms with Crippen molar-refractivity contribution in [3.63, 3.8) is 0 Å². The van der Waals surface area contributed by atoms with Crippen molar-refractivity contribution in [1.82, 2.24) is 9.47 Å². The third kappa shape index (κ3) is 2.74. The number of carbonyl (C=O) groups is 1. The molecular formula is C9H12N2O2. The average Bonchev–Trinajstić information content (AvgIpc) is 2.08. The molecule has 4 nitrogen and oxygen atoms in total. The highest BCUT2D eigenvalue weighted by molar-refractivity contribution is 5.75. The zero-order chi connectivity index (χ0) is 9.84. The molecule has 1 aromatic rings. The van der Waals surface area contributed by atoms with Crippen LogP contribution in [-0.4, -0.2) is 29.5 Å². The summed E-state index contributed by atoms with van der Waals surface area (Å²) in [7, 11) is 3.40. The number of aromatic nitrogens is 1. The van der Waals surface area contributed by atoms with E-state index in [9.17, 15) is 9.59 Å². The lowest BCUT2D eigenvalue weighted by Gasteiger charge is -2.11. The Morgan fingerprint density at radius 3 is 2.38 bits per heavy atom. The number of likely N-dealkylation sites (N-methyl/N-ethyl adjacent to an activating group) is 1. The minimum absolute atomic E-state index is 0.00338. The van der Waals surface area contributed by atoms with Gasteiger partial charge in [0, 0.05) is 38.6 Å². The number of nitrogens with zero attached hydrogens (tertiary/aromatic N) is 2. The molecule has 0 radical (unpaired) electrons. The van der Waals surface area contributed by atoms with E-state index in [0.29, 0.717) is 0 Å². The van der Waals surface area contributed by atoms with Crippen molar-refractivity contribution >= 4 is 5.91 Å². The molecular weight excluding hydrogens is 168 g/mol. The van der Waals surface area contributed by atoms with Crippen LogP contribution < -0.4 is 5.43 Å². The number of amides is 1. The Bertz CT molecular complexity index is 334. The molecule has 70 valence electrons. The van der Waals surface area contributed by atoms with Gasteiger partial charge in [-0.2, -0.15) is 0 Å². The fourth-order valence-corrected chi connectivity index (χ4v) is 0.847. The highest BCUT2D eigenvalue weighted by atomic mass is 16.2. The molecule has 0 unspecified atom stereocenters.